The highest BCUT2D eigenvalue weighted by atomic mass is 35.5. The maximum Gasteiger partial charge on any atom is 0.258 e. The summed E-state index contributed by atoms with van der Waals surface area (Å²) in [6.45, 7) is 1.22. The number of hydrogen-bond donors (Lipinski definition) is 1. The minimum absolute atomic E-state index is 0.0194. The minimum atomic E-state index is -0.559. The molecule has 0 radical (unpaired) electrons. The van der Waals surface area contributed by atoms with E-state index in [-0.39, 0.29) is 21.9 Å². The van der Waals surface area contributed by atoms with Crippen LogP contribution < -0.4 is 0 Å². The normalized spacial score (nSPS) is 23.3. The van der Waals surface area contributed by atoms with Gasteiger partial charge in [-0.05, 0) is 43.4 Å². The zero-order valence-corrected chi connectivity index (χ0v) is 13.4. The Labute approximate surface area is 138 Å². The van der Waals surface area contributed by atoms with Crippen LogP contribution in [0.15, 0.2) is 24.4 Å². The molecule has 1 aromatic heterocycles. The second-order valence-electron chi connectivity index (χ2n) is 6.48. The van der Waals surface area contributed by atoms with E-state index in [2.05, 4.69) is 10.2 Å². The van der Waals surface area contributed by atoms with Gasteiger partial charge in [-0.25, -0.2) is 4.39 Å². The van der Waals surface area contributed by atoms with E-state index in [0.717, 1.165) is 31.4 Å². The van der Waals surface area contributed by atoms with E-state index in [1.165, 1.54) is 17.7 Å². The molecule has 1 saturated heterocycles. The predicted molar refractivity (Wildman–Crippen MR) is 85.1 cm³/mol. The van der Waals surface area contributed by atoms with Crippen molar-refractivity contribution < 1.29 is 9.18 Å². The van der Waals surface area contributed by atoms with Crippen LogP contribution in [0.1, 0.15) is 40.9 Å². The number of halogens is 2. The third-order valence-corrected chi connectivity index (χ3v) is 5.48. The second kappa shape index (κ2) is 5.34. The second-order valence-corrected chi connectivity index (χ2v) is 6.88. The number of carbonyl (C=O) groups excluding carboxylic acids is 1. The van der Waals surface area contributed by atoms with Crippen LogP contribution in [0.3, 0.4) is 0 Å². The van der Waals surface area contributed by atoms with Crippen LogP contribution in [0.25, 0.3) is 0 Å². The Morgan fingerprint density at radius 3 is 3.09 bits per heavy atom. The molecule has 1 unspecified atom stereocenters. The van der Waals surface area contributed by atoms with Crippen molar-refractivity contribution in [3.8, 4) is 0 Å². The van der Waals surface area contributed by atoms with E-state index in [0.29, 0.717) is 13.1 Å². The molecule has 1 spiro atoms. The standard InChI is InChI=1S/C17H17ClFN3O/c18-12-3-1-4-13(19)14(12)16(23)22-8-2-6-17(10-22)7-5-11-9-20-21-15(11)17/h1,3-4,9H,2,5-8,10H2,(H,20,21). The number of likely N-dealkylation sites (tertiary alicyclic amines) is 1. The van der Waals surface area contributed by atoms with Gasteiger partial charge in [-0.3, -0.25) is 9.89 Å². The minimum Gasteiger partial charge on any atom is -0.338 e. The van der Waals surface area contributed by atoms with Gasteiger partial charge in [0.2, 0.25) is 0 Å². The van der Waals surface area contributed by atoms with Crippen LogP contribution in [0.4, 0.5) is 4.39 Å². The lowest BCUT2D eigenvalue weighted by molar-refractivity contribution is 0.0628. The molecule has 23 heavy (non-hydrogen) atoms. The maximum atomic E-state index is 14.1. The SMILES string of the molecule is O=C(c1c(F)cccc1Cl)N1CCCC2(CCc3cn[nH]c32)C1. The van der Waals surface area contributed by atoms with Crippen molar-refractivity contribution in [2.24, 2.45) is 0 Å². The molecule has 2 aliphatic rings. The first kappa shape index (κ1) is 14.7. The average Bonchev–Trinajstić information content (AvgIpc) is 3.12. The van der Waals surface area contributed by atoms with Crippen molar-refractivity contribution in [1.29, 1.82) is 0 Å². The van der Waals surface area contributed by atoms with Crippen LogP contribution in [0, 0.1) is 5.82 Å². The number of aryl methyl sites for hydroxylation is 1. The van der Waals surface area contributed by atoms with Gasteiger partial charge < -0.3 is 4.90 Å². The molecule has 1 atom stereocenters. The van der Waals surface area contributed by atoms with Gasteiger partial charge in [-0.2, -0.15) is 5.10 Å². The van der Waals surface area contributed by atoms with E-state index >= 15 is 0 Å². The molecule has 0 bridgehead atoms. The lowest BCUT2D eigenvalue weighted by atomic mass is 9.77. The molecule has 120 valence electrons. The topological polar surface area (TPSA) is 49.0 Å². The van der Waals surface area contributed by atoms with Gasteiger partial charge in [-0.1, -0.05) is 17.7 Å². The number of H-pyrrole nitrogens is 1. The molecule has 4 rings (SSSR count). The highest BCUT2D eigenvalue weighted by molar-refractivity contribution is 6.33. The summed E-state index contributed by atoms with van der Waals surface area (Å²) in [4.78, 5) is 14.5. The number of aromatic nitrogens is 2. The number of benzene rings is 1. The third-order valence-electron chi connectivity index (χ3n) is 5.16. The molecule has 1 N–H and O–H groups in total. The van der Waals surface area contributed by atoms with Crippen LogP contribution in [-0.4, -0.2) is 34.1 Å². The van der Waals surface area contributed by atoms with Crippen molar-refractivity contribution in [2.75, 3.05) is 13.1 Å². The largest absolute Gasteiger partial charge is 0.338 e. The summed E-state index contributed by atoms with van der Waals surface area (Å²) in [5.41, 5.74) is 2.30. The van der Waals surface area contributed by atoms with Crippen molar-refractivity contribution in [2.45, 2.75) is 31.1 Å². The van der Waals surface area contributed by atoms with Crippen molar-refractivity contribution in [1.82, 2.24) is 15.1 Å². The quantitative estimate of drug-likeness (QED) is 0.870. The molecule has 2 heterocycles. The molecule has 4 nitrogen and oxygen atoms in total. The van der Waals surface area contributed by atoms with Gasteiger partial charge in [0, 0.05) is 24.2 Å². The Bertz CT molecular complexity index is 755. The lowest BCUT2D eigenvalue weighted by Gasteiger charge is -2.40. The number of aromatic amines is 1. The Hall–Kier alpha value is -1.88. The van der Waals surface area contributed by atoms with E-state index in [1.54, 1.807) is 11.0 Å². The summed E-state index contributed by atoms with van der Waals surface area (Å²) < 4.78 is 14.1. The molecule has 2 aromatic rings. The highest BCUT2D eigenvalue weighted by Crippen LogP contribution is 2.44. The Morgan fingerprint density at radius 1 is 1.39 bits per heavy atom. The van der Waals surface area contributed by atoms with E-state index in [9.17, 15) is 9.18 Å². The third kappa shape index (κ3) is 2.26. The Balaban J connectivity index is 1.65. The summed E-state index contributed by atoms with van der Waals surface area (Å²) in [7, 11) is 0. The number of amides is 1. The lowest BCUT2D eigenvalue weighted by Crippen LogP contribution is -2.48. The zero-order chi connectivity index (χ0) is 16.0. The van der Waals surface area contributed by atoms with Crippen molar-refractivity contribution >= 4 is 17.5 Å². The molecule has 1 amide bonds. The van der Waals surface area contributed by atoms with Crippen molar-refractivity contribution in [3.63, 3.8) is 0 Å². The number of carbonyl (C=O) groups is 1. The van der Waals surface area contributed by atoms with Crippen molar-refractivity contribution in [3.05, 3.63) is 52.1 Å². The smallest absolute Gasteiger partial charge is 0.258 e. The van der Waals surface area contributed by atoms with Crippen LogP contribution in [-0.2, 0) is 11.8 Å². The summed E-state index contributed by atoms with van der Waals surface area (Å²) in [6.07, 6.45) is 5.78. The molecule has 1 fully saturated rings. The van der Waals surface area contributed by atoms with E-state index < -0.39 is 5.82 Å². The summed E-state index contributed by atoms with van der Waals surface area (Å²) in [5.74, 6) is -0.879. The maximum absolute atomic E-state index is 14.1. The van der Waals surface area contributed by atoms with Gasteiger partial charge in [0.1, 0.15) is 5.82 Å². The average molecular weight is 334 g/mol. The Kier molecular flexibility index (Phi) is 3.41. The molecular weight excluding hydrogens is 317 g/mol. The van der Waals surface area contributed by atoms with Crippen LogP contribution in [0.2, 0.25) is 5.02 Å². The van der Waals surface area contributed by atoms with Crippen LogP contribution in [0.5, 0.6) is 0 Å². The van der Waals surface area contributed by atoms with E-state index in [1.807, 2.05) is 6.20 Å². The van der Waals surface area contributed by atoms with Gasteiger partial charge in [0.05, 0.1) is 16.8 Å². The summed E-state index contributed by atoms with van der Waals surface area (Å²) in [6, 6.07) is 4.35. The summed E-state index contributed by atoms with van der Waals surface area (Å²) >= 11 is 6.05. The number of fused-ring (bicyclic) bond motifs is 2. The first-order valence-corrected chi connectivity index (χ1v) is 8.24. The molecular formula is C17H17ClFN3O. The first-order chi connectivity index (χ1) is 11.1. The predicted octanol–water partition coefficient (Wildman–Crippen LogP) is 3.32. The molecule has 6 heteroatoms. The number of hydrogen-bond acceptors (Lipinski definition) is 2. The Morgan fingerprint density at radius 2 is 2.26 bits per heavy atom. The highest BCUT2D eigenvalue weighted by Gasteiger charge is 2.44. The van der Waals surface area contributed by atoms with Crippen LogP contribution >= 0.6 is 11.6 Å². The van der Waals surface area contributed by atoms with Gasteiger partial charge in [0.25, 0.3) is 5.91 Å². The molecule has 0 saturated carbocycles. The summed E-state index contributed by atoms with van der Waals surface area (Å²) in [5, 5.41) is 7.42. The molecule has 1 aromatic carbocycles. The van der Waals surface area contributed by atoms with Gasteiger partial charge in [-0.15, -0.1) is 0 Å². The van der Waals surface area contributed by atoms with E-state index in [4.69, 9.17) is 11.6 Å². The van der Waals surface area contributed by atoms with Gasteiger partial charge >= 0.3 is 0 Å². The fourth-order valence-corrected chi connectivity index (χ4v) is 4.28. The fraction of sp³-hybridized carbons (Fsp3) is 0.412. The number of nitrogens with zero attached hydrogens (tertiary/aromatic N) is 2. The number of piperidine rings is 1. The fourth-order valence-electron chi connectivity index (χ4n) is 4.03. The zero-order valence-electron chi connectivity index (χ0n) is 12.6. The molecule has 1 aliphatic heterocycles. The van der Waals surface area contributed by atoms with Gasteiger partial charge in [0.15, 0.2) is 0 Å². The number of nitrogens with one attached hydrogen (secondary N) is 1. The molecule has 1 aliphatic carbocycles. The monoisotopic (exact) mass is 333 g/mol. The first-order valence-electron chi connectivity index (χ1n) is 7.87. The number of rotatable bonds is 1.